The van der Waals surface area contributed by atoms with Crippen molar-refractivity contribution in [3.8, 4) is 23.0 Å². The van der Waals surface area contributed by atoms with Crippen LogP contribution in [0.4, 0.5) is 0 Å². The Balaban J connectivity index is 0.000000321. The van der Waals surface area contributed by atoms with E-state index in [-0.39, 0.29) is 113 Å². The van der Waals surface area contributed by atoms with Gasteiger partial charge in [0.05, 0.1) is 102 Å². The first-order valence-corrected chi connectivity index (χ1v) is 52.4. The second-order valence-electron chi connectivity index (χ2n) is 53.0. The topological polar surface area (TPSA) is 275 Å². The third-order valence-corrected chi connectivity index (χ3v) is 27.7. The molecule has 24 nitrogen and oxygen atoms in total. The third-order valence-electron chi connectivity index (χ3n) is 27.7. The summed E-state index contributed by atoms with van der Waals surface area (Å²) in [6.45, 7) is 74.7. The molecule has 0 bridgehead atoms. The molecule has 2 aromatic rings. The highest BCUT2D eigenvalue weighted by atomic mass is 16.6. The van der Waals surface area contributed by atoms with E-state index in [1.807, 2.05) is 0 Å². The zero-order valence-corrected chi connectivity index (χ0v) is 90.9. The first-order chi connectivity index (χ1) is 62.0. The van der Waals surface area contributed by atoms with E-state index in [1.165, 1.54) is 30.4 Å². The van der Waals surface area contributed by atoms with Crippen LogP contribution in [0.25, 0.3) is 0 Å². The van der Waals surface area contributed by atoms with Crippen molar-refractivity contribution in [1.29, 1.82) is 0 Å². The van der Waals surface area contributed by atoms with Gasteiger partial charge in [-0.1, -0.05) is 19.3 Å². The van der Waals surface area contributed by atoms with Crippen molar-refractivity contribution in [1.82, 2.24) is 42.5 Å². The van der Waals surface area contributed by atoms with Crippen LogP contribution < -0.4 is 61.5 Å². The fraction of sp³-hybridized carbons (Fsp3) is 0.856. The van der Waals surface area contributed by atoms with Gasteiger partial charge in [0.1, 0.15) is 47.4 Å². The molecule has 0 aliphatic carbocycles. The lowest BCUT2D eigenvalue weighted by Crippen LogP contribution is -2.60. The average Bonchev–Trinajstić information content (AvgIpc) is 0.786. The first kappa shape index (κ1) is 114. The van der Waals surface area contributed by atoms with Crippen LogP contribution in [0, 0.1) is 11.8 Å². The van der Waals surface area contributed by atoms with Crippen molar-refractivity contribution < 1.29 is 76.0 Å². The molecule has 2 aromatic carbocycles. The summed E-state index contributed by atoms with van der Waals surface area (Å²) < 4.78 is 76.2. The fourth-order valence-corrected chi connectivity index (χ4v) is 25.8. The number of aryl methyl sites for hydroxylation is 2. The highest BCUT2D eigenvalue weighted by molar-refractivity contribution is 5.89. The van der Waals surface area contributed by atoms with Crippen LogP contribution in [0.2, 0.25) is 0 Å². The van der Waals surface area contributed by atoms with E-state index in [0.717, 1.165) is 126 Å². The van der Waals surface area contributed by atoms with Gasteiger partial charge in [0.15, 0.2) is 0 Å². The van der Waals surface area contributed by atoms with Crippen LogP contribution in [0.1, 0.15) is 406 Å². The highest BCUT2D eigenvalue weighted by Crippen LogP contribution is 2.42. The largest absolute Gasteiger partial charge is 0.493 e. The zero-order chi connectivity index (χ0) is 100. The van der Waals surface area contributed by atoms with Crippen molar-refractivity contribution in [2.45, 2.75) is 545 Å². The number of benzene rings is 2. The molecular weight excluding hydrogens is 1700 g/mol. The Labute approximate surface area is 818 Å². The maximum absolute atomic E-state index is 14.6. The van der Waals surface area contributed by atoms with E-state index in [9.17, 15) is 19.2 Å². The molecule has 8 heterocycles. The van der Waals surface area contributed by atoms with E-state index < -0.39 is 73.0 Å². The van der Waals surface area contributed by atoms with E-state index in [2.05, 4.69) is 300 Å². The molecule has 135 heavy (non-hydrogen) atoms. The van der Waals surface area contributed by atoms with Gasteiger partial charge in [-0.05, 0) is 334 Å². The number of carbonyl (C=O) groups is 4. The Kier molecular flexibility index (Phi) is 38.9. The lowest BCUT2D eigenvalue weighted by molar-refractivity contribution is -0.178. The lowest BCUT2D eigenvalue weighted by Gasteiger charge is -2.47. The summed E-state index contributed by atoms with van der Waals surface area (Å²) in [5.74, 6) is -1.84. The molecule has 24 heteroatoms. The lowest BCUT2D eigenvalue weighted by atomic mass is 9.80. The molecule has 8 aliphatic heterocycles. The maximum Gasteiger partial charge on any atom is 0.310 e. The molecule has 0 saturated carbocycles. The van der Waals surface area contributed by atoms with Gasteiger partial charge in [0.2, 0.25) is 0 Å². The second kappa shape index (κ2) is 46.2. The molecule has 8 N–H and O–H groups in total. The maximum atomic E-state index is 14.6. The van der Waals surface area contributed by atoms with Gasteiger partial charge < -0.3 is 99.4 Å². The number of carbonyl (C=O) groups excluding carboxylic acids is 4. The number of piperidine rings is 8. The number of unbranched alkanes of at least 4 members (excludes halogenated alkanes) is 4. The molecule has 774 valence electrons. The predicted molar refractivity (Wildman–Crippen MR) is 543 cm³/mol. The molecule has 0 spiro atoms. The Morgan fingerprint density at radius 3 is 0.593 bits per heavy atom. The monoisotopic (exact) mass is 1900 g/mol. The summed E-state index contributed by atoms with van der Waals surface area (Å²) >= 11 is 0. The summed E-state index contributed by atoms with van der Waals surface area (Å²) in [7, 11) is 0. The number of ether oxygens (including phenoxy) is 12. The Bertz CT molecular complexity index is 3590. The van der Waals surface area contributed by atoms with E-state index in [0.29, 0.717) is 104 Å². The number of esters is 4. The minimum Gasteiger partial charge on any atom is -0.493 e. The fourth-order valence-electron chi connectivity index (χ4n) is 25.8. The van der Waals surface area contributed by atoms with Crippen molar-refractivity contribution in [2.75, 3.05) is 52.9 Å². The molecular formula is C111H194N8O16. The summed E-state index contributed by atoms with van der Waals surface area (Å²) in [4.78, 5) is 57.3. The van der Waals surface area contributed by atoms with Crippen LogP contribution >= 0.6 is 0 Å². The summed E-state index contributed by atoms with van der Waals surface area (Å²) in [6.07, 6.45) is 22.1. The average molecular weight is 1900 g/mol. The highest BCUT2D eigenvalue weighted by Gasteiger charge is 2.51. The van der Waals surface area contributed by atoms with Gasteiger partial charge in [0.25, 0.3) is 0 Å². The Morgan fingerprint density at radius 1 is 0.230 bits per heavy atom. The van der Waals surface area contributed by atoms with Gasteiger partial charge in [-0.3, -0.25) is 19.2 Å². The van der Waals surface area contributed by atoms with Gasteiger partial charge >= 0.3 is 23.9 Å². The van der Waals surface area contributed by atoms with Gasteiger partial charge in [-0.15, -0.1) is 0 Å². The zero-order valence-electron chi connectivity index (χ0n) is 90.9. The summed E-state index contributed by atoms with van der Waals surface area (Å²) in [5, 5.41) is 29.5. The third kappa shape index (κ3) is 41.1. The SMILES string of the molecule is CC1(C)CC(OC(=O)CC(C(=O)OC2CC(C)(C)NC(C)(C)C2)C(CC(=O)OC2CC(C)(C)NC(C)(C)C2)C(=O)OC2CC(C)(C)NC(C)(C)C2)CC(C)(C)N1.CC1(C)CC(OCCCOc2cc(CCCCCCCc3cc(OCCCOC4CC(C)(C)NC(C)(C)C4)cc(OCCCOC4CC(C)(C)NC(C)(C)C4)c3)cc(OCCCOC3CC(C)(C)NC(C)(C)C3)c2)CC(C)(C)N1. The van der Waals surface area contributed by atoms with E-state index >= 15 is 0 Å². The predicted octanol–water partition coefficient (Wildman–Crippen LogP) is 20.2. The number of hydrogen-bond donors (Lipinski definition) is 8. The molecule has 8 fully saturated rings. The summed E-state index contributed by atoms with van der Waals surface area (Å²) in [6, 6.07) is 13.0. The van der Waals surface area contributed by atoms with Crippen LogP contribution in [0.5, 0.6) is 23.0 Å². The molecule has 2 unspecified atom stereocenters. The molecule has 0 amide bonds. The van der Waals surface area contributed by atoms with Crippen LogP contribution in [0.15, 0.2) is 36.4 Å². The number of hydrogen-bond acceptors (Lipinski definition) is 24. The second-order valence-corrected chi connectivity index (χ2v) is 53.0. The number of nitrogens with one attached hydrogen (secondary N) is 8. The Morgan fingerprint density at radius 2 is 0.400 bits per heavy atom. The van der Waals surface area contributed by atoms with Gasteiger partial charge in [-0.2, -0.15) is 0 Å². The quantitative estimate of drug-likeness (QED) is 0.0174. The molecule has 8 aliphatic rings. The van der Waals surface area contributed by atoms with Gasteiger partial charge in [0, 0.05) is 178 Å². The van der Waals surface area contributed by atoms with Crippen LogP contribution in [-0.2, 0) is 69.9 Å². The summed E-state index contributed by atoms with van der Waals surface area (Å²) in [5.41, 5.74) is 0.569. The molecule has 8 saturated heterocycles. The van der Waals surface area contributed by atoms with E-state index in [1.54, 1.807) is 0 Å². The van der Waals surface area contributed by atoms with Crippen LogP contribution in [-0.4, -0.2) is 214 Å². The van der Waals surface area contributed by atoms with Crippen molar-refractivity contribution in [3.05, 3.63) is 47.5 Å². The van der Waals surface area contributed by atoms with Crippen molar-refractivity contribution >= 4 is 23.9 Å². The van der Waals surface area contributed by atoms with Crippen molar-refractivity contribution in [2.24, 2.45) is 11.8 Å². The normalized spacial score (nSPS) is 24.8. The molecule has 2 atom stereocenters. The van der Waals surface area contributed by atoms with Crippen LogP contribution in [0.3, 0.4) is 0 Å². The van der Waals surface area contributed by atoms with Crippen molar-refractivity contribution in [3.63, 3.8) is 0 Å². The number of rotatable bonds is 43. The minimum atomic E-state index is -1.34. The molecule has 0 aromatic heterocycles. The molecule has 10 rings (SSSR count). The first-order valence-electron chi connectivity index (χ1n) is 52.4. The minimum absolute atomic E-state index is 0.0645. The smallest absolute Gasteiger partial charge is 0.310 e. The van der Waals surface area contributed by atoms with Gasteiger partial charge in [-0.25, -0.2) is 0 Å². The standard InChI is InChI=1S/C67H116N4O8.C44H78N4O8/c1-60(2)42-56(43-61(3,4)68-60)76-32-22-28-72-52-36-50(37-53(40-52)73-29-23-33-77-57-44-62(5,6)69-63(7,8)45-57)26-20-18-17-19-21-27-51-38-54(74-30-24-34-78-58-46-64(9,10)70-65(11,12)47-58)41-55(39-51)75-31-25-35-79-59-48-66(13,14)71-67(15,16)49-59;1-37(2)19-27(20-38(3,4)45-37)53-33(49)17-31(35(51)55-29-23-41(9,10)47-42(11,12)24-29)32(36(52)56-30-25-43(13,14)48-44(15,16)26-30)18-34(50)54-28-21-39(5,6)46-40(7,8)22-28/h36-41,56-59,68-71H,17-35,42-49H2,1-16H3;27-32,45-48H,17-26H2,1-16H3. The molecule has 0 radical (unpaired) electrons. The Hall–Kier alpha value is -4.96. The van der Waals surface area contributed by atoms with E-state index in [4.69, 9.17) is 56.8 Å².